The number of aliphatic hydroxyl groups excluding tert-OH is 1. The first kappa shape index (κ1) is 26.0. The lowest BCUT2D eigenvalue weighted by molar-refractivity contribution is 0.130. The van der Waals surface area contributed by atoms with Gasteiger partial charge in [-0.25, -0.2) is 0 Å². The van der Waals surface area contributed by atoms with Crippen LogP contribution in [0, 0.1) is 0 Å². The molecule has 1 aliphatic carbocycles. The van der Waals surface area contributed by atoms with E-state index in [1.165, 1.54) is 29.1 Å². The molecule has 0 aliphatic heterocycles. The van der Waals surface area contributed by atoms with Crippen LogP contribution in [0.25, 0.3) is 0 Å². The van der Waals surface area contributed by atoms with E-state index in [0.717, 1.165) is 12.8 Å². The fourth-order valence-electron chi connectivity index (χ4n) is 3.25. The molecule has 1 atom stereocenters. The van der Waals surface area contributed by atoms with E-state index in [1.54, 1.807) is 0 Å². The van der Waals surface area contributed by atoms with E-state index in [-0.39, 0.29) is 10.9 Å². The standard InChI is InChI=1S/C17H26S.C6H12O.C2H6/c1-7-12-15(8-2)18(6,17(3,4)5)16-13-10-9-11-14-16;7-6-4-2-1-3-5-6;1-2/h7-14H,1-6H3;6-7H,1-5H2;1-2H3/b12-7-,15-8+;;. The summed E-state index contributed by atoms with van der Waals surface area (Å²) in [4.78, 5) is 2.92. The number of hydrogen-bond donors (Lipinski definition) is 1. The van der Waals surface area contributed by atoms with E-state index in [9.17, 15) is 0 Å². The number of rotatable bonds is 3. The second kappa shape index (κ2) is 13.2. The molecular weight excluding hydrogens is 348 g/mol. The van der Waals surface area contributed by atoms with Gasteiger partial charge in [0.05, 0.1) is 6.10 Å². The van der Waals surface area contributed by atoms with E-state index in [4.69, 9.17) is 5.11 Å². The summed E-state index contributed by atoms with van der Waals surface area (Å²) >= 11 is 0. The average molecular weight is 393 g/mol. The summed E-state index contributed by atoms with van der Waals surface area (Å²) in [6, 6.07) is 10.9. The van der Waals surface area contributed by atoms with Crippen molar-refractivity contribution in [2.24, 2.45) is 0 Å². The molecule has 0 saturated heterocycles. The van der Waals surface area contributed by atoms with Crippen LogP contribution in [0.5, 0.6) is 0 Å². The van der Waals surface area contributed by atoms with Gasteiger partial charge in [-0.15, -0.1) is 0 Å². The lowest BCUT2D eigenvalue weighted by Gasteiger charge is -2.49. The Morgan fingerprint density at radius 1 is 1.00 bits per heavy atom. The Labute approximate surface area is 171 Å². The third-order valence-electron chi connectivity index (χ3n) is 5.10. The number of allylic oxidation sites excluding steroid dienone is 3. The van der Waals surface area contributed by atoms with Crippen LogP contribution in [-0.2, 0) is 0 Å². The van der Waals surface area contributed by atoms with Gasteiger partial charge in [-0.05, 0) is 59.6 Å². The Morgan fingerprint density at radius 2 is 1.52 bits per heavy atom. The minimum absolute atomic E-state index is 0.0359. The first-order valence-corrected chi connectivity index (χ1v) is 12.6. The van der Waals surface area contributed by atoms with Crippen LogP contribution in [-0.4, -0.2) is 22.2 Å². The number of hydrogen-bond acceptors (Lipinski definition) is 1. The summed E-state index contributed by atoms with van der Waals surface area (Å²) in [5.74, 6) is 0. The quantitative estimate of drug-likeness (QED) is 0.515. The zero-order valence-corrected chi connectivity index (χ0v) is 19.9. The van der Waals surface area contributed by atoms with Crippen LogP contribution in [0.2, 0.25) is 0 Å². The molecule has 0 amide bonds. The molecule has 0 radical (unpaired) electrons. The van der Waals surface area contributed by atoms with Crippen LogP contribution in [0.1, 0.15) is 80.6 Å². The van der Waals surface area contributed by atoms with Gasteiger partial charge in [-0.3, -0.25) is 0 Å². The van der Waals surface area contributed by atoms with Crippen LogP contribution < -0.4 is 0 Å². The zero-order chi connectivity index (χ0) is 20.9. The van der Waals surface area contributed by atoms with Crippen LogP contribution in [0.15, 0.2) is 58.4 Å². The smallest absolute Gasteiger partial charge is 0.0540 e. The molecule has 156 valence electrons. The van der Waals surface area contributed by atoms with E-state index in [0.29, 0.717) is 0 Å². The molecule has 1 saturated carbocycles. The van der Waals surface area contributed by atoms with E-state index in [2.05, 4.69) is 89.4 Å². The number of benzene rings is 1. The van der Waals surface area contributed by atoms with Gasteiger partial charge in [0.15, 0.2) is 0 Å². The topological polar surface area (TPSA) is 20.2 Å². The molecule has 1 N–H and O–H groups in total. The fourth-order valence-corrected chi connectivity index (χ4v) is 6.52. The van der Waals surface area contributed by atoms with Gasteiger partial charge in [0.1, 0.15) is 0 Å². The van der Waals surface area contributed by atoms with E-state index in [1.807, 2.05) is 13.8 Å². The lowest BCUT2D eigenvalue weighted by atomic mass is 9.98. The molecule has 1 aromatic rings. The molecule has 0 bridgehead atoms. The molecular formula is C25H44OS. The summed E-state index contributed by atoms with van der Waals surface area (Å²) in [6.07, 6.45) is 15.0. The van der Waals surface area contributed by atoms with Gasteiger partial charge in [-0.2, -0.15) is 10.0 Å². The summed E-state index contributed by atoms with van der Waals surface area (Å²) in [5.41, 5.74) is 0. The Kier molecular flexibility index (Phi) is 12.7. The maximum atomic E-state index is 8.91. The van der Waals surface area contributed by atoms with Gasteiger partial charge < -0.3 is 5.11 Å². The molecule has 0 spiro atoms. The molecule has 2 heteroatoms. The number of aliphatic hydroxyl groups is 1. The maximum Gasteiger partial charge on any atom is 0.0540 e. The Balaban J connectivity index is 0.000000621. The zero-order valence-electron chi connectivity index (χ0n) is 19.1. The average Bonchev–Trinajstić information content (AvgIpc) is 2.68. The SMILES string of the molecule is C/C=C\C(=C/C)S(C)(c1ccccc1)C(C)(C)C.CC.OC1CCCCC1. The van der Waals surface area contributed by atoms with Crippen molar-refractivity contribution in [2.45, 2.75) is 96.3 Å². The van der Waals surface area contributed by atoms with Crippen molar-refractivity contribution in [3.05, 3.63) is 53.5 Å². The highest BCUT2D eigenvalue weighted by Gasteiger charge is 2.35. The first-order chi connectivity index (χ1) is 12.8. The van der Waals surface area contributed by atoms with Crippen molar-refractivity contribution in [3.63, 3.8) is 0 Å². The van der Waals surface area contributed by atoms with Gasteiger partial charge in [0.2, 0.25) is 0 Å². The largest absolute Gasteiger partial charge is 0.393 e. The van der Waals surface area contributed by atoms with Crippen LogP contribution >= 0.6 is 10.0 Å². The maximum absolute atomic E-state index is 8.91. The molecule has 2 rings (SSSR count). The molecule has 0 heterocycles. The molecule has 1 unspecified atom stereocenters. The van der Waals surface area contributed by atoms with Crippen molar-refractivity contribution in [3.8, 4) is 0 Å². The van der Waals surface area contributed by atoms with Crippen molar-refractivity contribution >= 4 is 10.0 Å². The highest BCUT2D eigenvalue weighted by atomic mass is 32.3. The minimum Gasteiger partial charge on any atom is -0.393 e. The van der Waals surface area contributed by atoms with Gasteiger partial charge in [0, 0.05) is 0 Å². The highest BCUT2D eigenvalue weighted by Crippen LogP contribution is 2.68. The van der Waals surface area contributed by atoms with Crippen molar-refractivity contribution < 1.29 is 5.11 Å². The molecule has 1 aromatic carbocycles. The summed E-state index contributed by atoms with van der Waals surface area (Å²) in [6.45, 7) is 15.3. The van der Waals surface area contributed by atoms with Crippen LogP contribution in [0.3, 0.4) is 0 Å². The van der Waals surface area contributed by atoms with Crippen LogP contribution in [0.4, 0.5) is 0 Å². The van der Waals surface area contributed by atoms with Crippen molar-refractivity contribution in [1.29, 1.82) is 0 Å². The van der Waals surface area contributed by atoms with Gasteiger partial charge >= 0.3 is 0 Å². The third-order valence-corrected chi connectivity index (χ3v) is 10.1. The summed E-state index contributed by atoms with van der Waals surface area (Å²) in [5, 5.41) is 8.91. The summed E-state index contributed by atoms with van der Waals surface area (Å²) in [7, 11) is -1.01. The Bertz CT molecular complexity index is 547. The Morgan fingerprint density at radius 3 is 1.85 bits per heavy atom. The van der Waals surface area contributed by atoms with E-state index < -0.39 is 10.0 Å². The molecule has 1 nitrogen and oxygen atoms in total. The fraction of sp³-hybridized carbons (Fsp3) is 0.600. The molecule has 0 aromatic heterocycles. The van der Waals surface area contributed by atoms with E-state index >= 15 is 0 Å². The monoisotopic (exact) mass is 392 g/mol. The predicted molar refractivity (Wildman–Crippen MR) is 127 cm³/mol. The highest BCUT2D eigenvalue weighted by molar-refractivity contribution is 8.37. The van der Waals surface area contributed by atoms with Gasteiger partial charge in [0.25, 0.3) is 0 Å². The second-order valence-electron chi connectivity index (χ2n) is 7.83. The van der Waals surface area contributed by atoms with Crippen molar-refractivity contribution in [1.82, 2.24) is 0 Å². The normalized spacial score (nSPS) is 19.2. The minimum atomic E-state index is -1.01. The second-order valence-corrected chi connectivity index (χ2v) is 11.8. The predicted octanol–water partition coefficient (Wildman–Crippen LogP) is 8.10. The lowest BCUT2D eigenvalue weighted by Crippen LogP contribution is -2.25. The molecule has 1 aliphatic rings. The Hall–Kier alpha value is -0.990. The molecule has 1 fully saturated rings. The summed E-state index contributed by atoms with van der Waals surface area (Å²) < 4.78 is 0.246. The van der Waals surface area contributed by atoms with Gasteiger partial charge in [-0.1, -0.05) is 90.3 Å². The van der Waals surface area contributed by atoms with Crippen molar-refractivity contribution in [2.75, 3.05) is 6.26 Å². The first-order valence-electron chi connectivity index (χ1n) is 10.6. The third kappa shape index (κ3) is 7.87. The molecule has 27 heavy (non-hydrogen) atoms.